The van der Waals surface area contributed by atoms with Gasteiger partial charge in [0.05, 0.1) is 12.7 Å². The first-order valence-corrected chi connectivity index (χ1v) is 8.00. The highest BCUT2D eigenvalue weighted by Gasteiger charge is 2.27. The number of anilines is 1. The summed E-state index contributed by atoms with van der Waals surface area (Å²) in [6, 6.07) is 15.9. The van der Waals surface area contributed by atoms with E-state index >= 15 is 0 Å². The van der Waals surface area contributed by atoms with E-state index in [0.717, 1.165) is 17.5 Å². The molecule has 1 atom stereocenters. The van der Waals surface area contributed by atoms with Gasteiger partial charge in [-0.1, -0.05) is 37.3 Å². The minimum atomic E-state index is -1.40. The molecule has 0 aliphatic heterocycles. The molecule has 5 heteroatoms. The number of nitriles is 1. The van der Waals surface area contributed by atoms with E-state index in [1.54, 1.807) is 43.5 Å². The largest absolute Gasteiger partial charge is 0.380 e. The van der Waals surface area contributed by atoms with Crippen LogP contribution < -0.4 is 5.32 Å². The number of Topliss-reactive ketones (excluding diaryl/α,β-unsaturated/α-hetero) is 1. The molecule has 2 aromatic rings. The van der Waals surface area contributed by atoms with E-state index < -0.39 is 17.6 Å². The van der Waals surface area contributed by atoms with Crippen molar-refractivity contribution in [2.75, 3.05) is 12.4 Å². The molecule has 2 rings (SSSR count). The number of nitrogens with one attached hydrogen (secondary N) is 1. The molecule has 0 saturated carbocycles. The maximum Gasteiger partial charge on any atom is 0.249 e. The summed E-state index contributed by atoms with van der Waals surface area (Å²) in [6.45, 7) is 2.39. The number of carbonyl (C=O) groups excluding carboxylic acids is 2. The fourth-order valence-corrected chi connectivity index (χ4v) is 2.42. The fourth-order valence-electron chi connectivity index (χ4n) is 2.42. The molecule has 1 amide bonds. The smallest absolute Gasteiger partial charge is 0.249 e. The minimum Gasteiger partial charge on any atom is -0.380 e. The third-order valence-electron chi connectivity index (χ3n) is 3.81. The summed E-state index contributed by atoms with van der Waals surface area (Å²) < 4.78 is 5.04. The van der Waals surface area contributed by atoms with Crippen LogP contribution >= 0.6 is 0 Å². The number of ether oxygens (including phenoxy) is 1. The van der Waals surface area contributed by atoms with E-state index in [1.165, 1.54) is 0 Å². The van der Waals surface area contributed by atoms with Gasteiger partial charge in [-0.15, -0.1) is 0 Å². The zero-order valence-corrected chi connectivity index (χ0v) is 14.3. The van der Waals surface area contributed by atoms with Crippen LogP contribution in [0.25, 0.3) is 0 Å². The third-order valence-corrected chi connectivity index (χ3v) is 3.81. The molecule has 128 valence electrons. The molecule has 0 aliphatic carbocycles. The second-order valence-corrected chi connectivity index (χ2v) is 5.60. The first-order valence-electron chi connectivity index (χ1n) is 8.00. The Bertz CT molecular complexity index is 791. The third kappa shape index (κ3) is 4.75. The summed E-state index contributed by atoms with van der Waals surface area (Å²) in [5.74, 6) is -2.55. The van der Waals surface area contributed by atoms with Gasteiger partial charge in [-0.25, -0.2) is 0 Å². The van der Waals surface area contributed by atoms with Gasteiger partial charge in [0.2, 0.25) is 5.91 Å². The summed E-state index contributed by atoms with van der Waals surface area (Å²) in [4.78, 5) is 24.9. The average molecular weight is 336 g/mol. The summed E-state index contributed by atoms with van der Waals surface area (Å²) in [7, 11) is 1.56. The molecule has 0 radical (unpaired) electrons. The Hall–Kier alpha value is -2.97. The number of nitrogens with zero attached hydrogens (tertiary/aromatic N) is 1. The van der Waals surface area contributed by atoms with E-state index in [2.05, 4.69) is 5.32 Å². The quantitative estimate of drug-likeness (QED) is 0.621. The van der Waals surface area contributed by atoms with Crippen molar-refractivity contribution in [3.8, 4) is 6.07 Å². The number of hydrogen-bond donors (Lipinski definition) is 1. The van der Waals surface area contributed by atoms with Crippen LogP contribution in [-0.4, -0.2) is 18.8 Å². The van der Waals surface area contributed by atoms with Crippen molar-refractivity contribution in [1.29, 1.82) is 5.26 Å². The Morgan fingerprint density at radius 2 is 1.88 bits per heavy atom. The molecule has 0 fully saturated rings. The van der Waals surface area contributed by atoms with Crippen LogP contribution in [0, 0.1) is 17.2 Å². The molecule has 0 aromatic heterocycles. The first kappa shape index (κ1) is 18.4. The van der Waals surface area contributed by atoms with E-state index in [9.17, 15) is 14.9 Å². The average Bonchev–Trinajstić information content (AvgIpc) is 2.63. The molecule has 5 nitrogen and oxygen atoms in total. The summed E-state index contributed by atoms with van der Waals surface area (Å²) in [6.07, 6.45) is 0.894. The van der Waals surface area contributed by atoms with Gasteiger partial charge in [0.15, 0.2) is 11.7 Å². The molecule has 0 heterocycles. The number of benzene rings is 2. The second-order valence-electron chi connectivity index (χ2n) is 5.60. The molecule has 1 unspecified atom stereocenters. The predicted molar refractivity (Wildman–Crippen MR) is 95.0 cm³/mol. The van der Waals surface area contributed by atoms with Gasteiger partial charge in [-0.3, -0.25) is 9.59 Å². The van der Waals surface area contributed by atoms with Crippen LogP contribution in [0.3, 0.4) is 0 Å². The fraction of sp³-hybridized carbons (Fsp3) is 0.250. The van der Waals surface area contributed by atoms with Gasteiger partial charge in [-0.05, 0) is 35.7 Å². The van der Waals surface area contributed by atoms with Gasteiger partial charge < -0.3 is 10.1 Å². The van der Waals surface area contributed by atoms with Crippen LogP contribution in [0.2, 0.25) is 0 Å². The SMILES string of the molecule is CCc1ccc(NC(=O)C(C#N)C(=O)c2cccc(COC)c2)cc1. The van der Waals surface area contributed by atoms with Crippen molar-refractivity contribution in [3.63, 3.8) is 0 Å². The van der Waals surface area contributed by atoms with E-state index in [1.807, 2.05) is 25.1 Å². The Kier molecular flexibility index (Phi) is 6.44. The lowest BCUT2D eigenvalue weighted by atomic mass is 9.96. The van der Waals surface area contributed by atoms with Crippen LogP contribution in [0.15, 0.2) is 48.5 Å². The Labute approximate surface area is 147 Å². The summed E-state index contributed by atoms with van der Waals surface area (Å²) in [5.41, 5.74) is 2.82. The van der Waals surface area contributed by atoms with E-state index in [4.69, 9.17) is 4.74 Å². The molecule has 0 saturated heterocycles. The maximum atomic E-state index is 12.5. The molecule has 0 aliphatic rings. The molecular formula is C20H20N2O3. The predicted octanol–water partition coefficient (Wildman–Crippen LogP) is 3.36. The topological polar surface area (TPSA) is 79.2 Å². The van der Waals surface area contributed by atoms with Gasteiger partial charge in [0.1, 0.15) is 0 Å². The number of methoxy groups -OCH3 is 1. The first-order chi connectivity index (χ1) is 12.1. The van der Waals surface area contributed by atoms with Crippen molar-refractivity contribution in [3.05, 3.63) is 65.2 Å². The van der Waals surface area contributed by atoms with Crippen molar-refractivity contribution >= 4 is 17.4 Å². The molecule has 25 heavy (non-hydrogen) atoms. The highest BCUT2D eigenvalue weighted by molar-refractivity contribution is 6.15. The lowest BCUT2D eigenvalue weighted by Crippen LogP contribution is -2.28. The van der Waals surface area contributed by atoms with Crippen molar-refractivity contribution in [1.82, 2.24) is 0 Å². The lowest BCUT2D eigenvalue weighted by molar-refractivity contribution is -0.117. The van der Waals surface area contributed by atoms with E-state index in [0.29, 0.717) is 17.9 Å². The Balaban J connectivity index is 2.14. The number of ketones is 1. The number of carbonyl (C=O) groups is 2. The summed E-state index contributed by atoms with van der Waals surface area (Å²) >= 11 is 0. The van der Waals surface area contributed by atoms with E-state index in [-0.39, 0.29) is 0 Å². The normalized spacial score (nSPS) is 11.4. The number of aryl methyl sites for hydroxylation is 1. The maximum absolute atomic E-state index is 12.5. The molecular weight excluding hydrogens is 316 g/mol. The van der Waals surface area contributed by atoms with Gasteiger partial charge in [-0.2, -0.15) is 5.26 Å². The number of amides is 1. The molecule has 2 aromatic carbocycles. The molecule has 0 bridgehead atoms. The van der Waals surface area contributed by atoms with Crippen LogP contribution in [0.1, 0.15) is 28.4 Å². The van der Waals surface area contributed by atoms with Crippen molar-refractivity contribution in [2.45, 2.75) is 20.0 Å². The van der Waals surface area contributed by atoms with Gasteiger partial charge in [0, 0.05) is 18.4 Å². The minimum absolute atomic E-state index is 0.317. The van der Waals surface area contributed by atoms with Gasteiger partial charge in [0.25, 0.3) is 0 Å². The monoisotopic (exact) mass is 336 g/mol. The Morgan fingerprint density at radius 1 is 1.16 bits per heavy atom. The second kappa shape index (κ2) is 8.76. The lowest BCUT2D eigenvalue weighted by Gasteiger charge is -2.11. The standard InChI is InChI=1S/C20H20N2O3/c1-3-14-7-9-17(10-8-14)22-20(24)18(12-21)19(23)16-6-4-5-15(11-16)13-25-2/h4-11,18H,3,13H2,1-2H3,(H,22,24). The molecule has 0 spiro atoms. The van der Waals surface area contributed by atoms with Crippen LogP contribution in [0.5, 0.6) is 0 Å². The zero-order chi connectivity index (χ0) is 18.2. The Morgan fingerprint density at radius 3 is 2.48 bits per heavy atom. The number of rotatable bonds is 7. The van der Waals surface area contributed by atoms with Crippen LogP contribution in [0.4, 0.5) is 5.69 Å². The van der Waals surface area contributed by atoms with Gasteiger partial charge >= 0.3 is 0 Å². The van der Waals surface area contributed by atoms with Crippen LogP contribution in [-0.2, 0) is 22.6 Å². The number of hydrogen-bond acceptors (Lipinski definition) is 4. The van der Waals surface area contributed by atoms with Crippen molar-refractivity contribution < 1.29 is 14.3 Å². The van der Waals surface area contributed by atoms with Crippen molar-refractivity contribution in [2.24, 2.45) is 5.92 Å². The molecule has 1 N–H and O–H groups in total. The zero-order valence-electron chi connectivity index (χ0n) is 14.3. The summed E-state index contributed by atoms with van der Waals surface area (Å²) in [5, 5.41) is 11.9. The highest BCUT2D eigenvalue weighted by Crippen LogP contribution is 2.15. The highest BCUT2D eigenvalue weighted by atomic mass is 16.5.